The molecule has 0 fully saturated rings. The molecule has 0 aliphatic rings. The van der Waals surface area contributed by atoms with E-state index in [9.17, 15) is 14.4 Å². The number of hydrogen-bond acceptors (Lipinski definition) is 4. The number of benzene rings is 1. The van der Waals surface area contributed by atoms with Crippen molar-refractivity contribution in [3.8, 4) is 0 Å². The molecule has 0 aliphatic carbocycles. The van der Waals surface area contributed by atoms with Gasteiger partial charge in [0, 0.05) is 5.69 Å². The summed E-state index contributed by atoms with van der Waals surface area (Å²) in [5.74, 6) is -1.90. The Kier molecular flexibility index (Phi) is 7.57. The summed E-state index contributed by atoms with van der Waals surface area (Å²) >= 11 is 0. The molecule has 0 aromatic heterocycles. The first-order valence-electron chi connectivity index (χ1n) is 8.31. The third-order valence-corrected chi connectivity index (χ3v) is 3.85. The first-order chi connectivity index (χ1) is 11.6. The Labute approximate surface area is 148 Å². The minimum Gasteiger partial charge on any atom is -0.480 e. The van der Waals surface area contributed by atoms with Crippen molar-refractivity contribution in [2.75, 3.05) is 4.90 Å². The maximum Gasteiger partial charge on any atom is 0.320 e. The Bertz CT molecular complexity index is 604. The van der Waals surface area contributed by atoms with Gasteiger partial charge in [0.1, 0.15) is 12.1 Å². The molecule has 0 saturated carbocycles. The average molecular weight is 349 g/mol. The number of anilines is 1. The zero-order chi connectivity index (χ0) is 19.1. The molecule has 138 valence electrons. The van der Waals surface area contributed by atoms with E-state index in [0.29, 0.717) is 12.1 Å². The van der Waals surface area contributed by atoms with Crippen LogP contribution in [0.15, 0.2) is 30.3 Å². The summed E-state index contributed by atoms with van der Waals surface area (Å²) in [6.45, 7) is 6.92. The molecule has 25 heavy (non-hydrogen) atoms. The molecular formula is C18H27N3O4. The van der Waals surface area contributed by atoms with Crippen LogP contribution in [-0.4, -0.2) is 41.0 Å². The summed E-state index contributed by atoms with van der Waals surface area (Å²) < 4.78 is 0. The first-order valence-corrected chi connectivity index (χ1v) is 8.31. The van der Waals surface area contributed by atoms with Crippen molar-refractivity contribution in [2.24, 2.45) is 11.7 Å². The minimum absolute atomic E-state index is 0.151. The molecule has 4 N–H and O–H groups in total. The summed E-state index contributed by atoms with van der Waals surface area (Å²) in [4.78, 5) is 37.4. The summed E-state index contributed by atoms with van der Waals surface area (Å²) in [6.07, 6.45) is 0.414. The van der Waals surface area contributed by atoms with Crippen LogP contribution in [0, 0.1) is 5.92 Å². The van der Waals surface area contributed by atoms with Crippen LogP contribution in [0.1, 0.15) is 34.1 Å². The van der Waals surface area contributed by atoms with Crippen molar-refractivity contribution in [3.05, 3.63) is 30.3 Å². The van der Waals surface area contributed by atoms with Crippen LogP contribution < -0.4 is 16.0 Å². The van der Waals surface area contributed by atoms with E-state index in [1.165, 1.54) is 11.8 Å². The van der Waals surface area contributed by atoms with Crippen LogP contribution in [0.5, 0.6) is 0 Å². The lowest BCUT2D eigenvalue weighted by Crippen LogP contribution is -2.56. The summed E-state index contributed by atoms with van der Waals surface area (Å²) in [6, 6.07) is 6.29. The molecule has 0 unspecified atom stereocenters. The zero-order valence-corrected chi connectivity index (χ0v) is 15.1. The maximum atomic E-state index is 13.0. The van der Waals surface area contributed by atoms with Gasteiger partial charge < -0.3 is 10.8 Å². The van der Waals surface area contributed by atoms with Crippen molar-refractivity contribution in [2.45, 2.75) is 52.2 Å². The molecule has 2 amide bonds. The first kappa shape index (κ1) is 20.6. The van der Waals surface area contributed by atoms with Gasteiger partial charge in [-0.3, -0.25) is 24.6 Å². The predicted molar refractivity (Wildman–Crippen MR) is 96.1 cm³/mol. The molecule has 1 rings (SSSR count). The number of carboxylic acid groups (broad SMARTS) is 1. The van der Waals surface area contributed by atoms with Crippen molar-refractivity contribution < 1.29 is 19.5 Å². The number of hydrogen-bond donors (Lipinski definition) is 3. The number of aliphatic carboxylic acids is 1. The van der Waals surface area contributed by atoms with Crippen LogP contribution in [0.25, 0.3) is 0 Å². The third kappa shape index (κ3) is 5.86. The van der Waals surface area contributed by atoms with Crippen LogP contribution in [0.3, 0.4) is 0 Å². The lowest BCUT2D eigenvalue weighted by Gasteiger charge is -2.33. The highest BCUT2D eigenvalue weighted by Gasteiger charge is 2.33. The number of nitrogens with zero attached hydrogens (tertiary/aromatic N) is 1. The zero-order valence-electron chi connectivity index (χ0n) is 15.1. The maximum absolute atomic E-state index is 13.0. The van der Waals surface area contributed by atoms with Gasteiger partial charge in [-0.05, 0) is 38.3 Å². The van der Waals surface area contributed by atoms with E-state index in [0.717, 1.165) is 0 Å². The van der Waals surface area contributed by atoms with Gasteiger partial charge in [-0.25, -0.2) is 0 Å². The van der Waals surface area contributed by atoms with Gasteiger partial charge in [0.25, 0.3) is 0 Å². The average Bonchev–Trinajstić information content (AvgIpc) is 2.54. The van der Waals surface area contributed by atoms with E-state index in [-0.39, 0.29) is 5.92 Å². The normalized spacial score (nSPS) is 14.6. The number of amides is 2. The van der Waals surface area contributed by atoms with Gasteiger partial charge in [-0.15, -0.1) is 0 Å². The Balaban J connectivity index is 3.19. The highest BCUT2D eigenvalue weighted by molar-refractivity contribution is 6.03. The second-order valence-corrected chi connectivity index (χ2v) is 6.54. The van der Waals surface area contributed by atoms with Crippen LogP contribution in [0.4, 0.5) is 5.69 Å². The number of carbonyl (C=O) groups is 3. The molecular weight excluding hydrogens is 322 g/mol. The van der Waals surface area contributed by atoms with E-state index in [1.807, 2.05) is 19.9 Å². The number of rotatable bonds is 9. The number of nitrogens with two attached hydrogens (primary N) is 1. The molecule has 0 aliphatic heterocycles. The summed E-state index contributed by atoms with van der Waals surface area (Å²) in [7, 11) is 0. The van der Waals surface area contributed by atoms with E-state index >= 15 is 0 Å². The lowest BCUT2D eigenvalue weighted by atomic mass is 10.00. The van der Waals surface area contributed by atoms with Crippen molar-refractivity contribution >= 4 is 23.5 Å². The smallest absolute Gasteiger partial charge is 0.320 e. The van der Waals surface area contributed by atoms with Crippen LogP contribution in [0.2, 0.25) is 0 Å². The van der Waals surface area contributed by atoms with Gasteiger partial charge in [0.05, 0.1) is 6.04 Å². The van der Waals surface area contributed by atoms with E-state index in [2.05, 4.69) is 5.32 Å². The predicted octanol–water partition coefficient (Wildman–Crippen LogP) is 1.37. The number of carboxylic acids is 1. The SMILES string of the molecule is CC(C)C[C@@H](C(N)=O)N(C(=O)[C@H](C)N[C@H](C)C(=O)O)c1ccccc1. The summed E-state index contributed by atoms with van der Waals surface area (Å²) in [5.41, 5.74) is 6.11. The van der Waals surface area contributed by atoms with Gasteiger partial charge >= 0.3 is 5.97 Å². The highest BCUT2D eigenvalue weighted by atomic mass is 16.4. The molecule has 7 nitrogen and oxygen atoms in total. The van der Waals surface area contributed by atoms with Crippen molar-refractivity contribution in [1.82, 2.24) is 5.32 Å². The van der Waals surface area contributed by atoms with Gasteiger partial charge in [-0.2, -0.15) is 0 Å². The molecule has 0 radical (unpaired) electrons. The number of carbonyl (C=O) groups excluding carboxylic acids is 2. The Morgan fingerprint density at radius 1 is 1.08 bits per heavy atom. The molecule has 0 spiro atoms. The Morgan fingerprint density at radius 3 is 2.08 bits per heavy atom. The second-order valence-electron chi connectivity index (χ2n) is 6.54. The van der Waals surface area contributed by atoms with Crippen molar-refractivity contribution in [3.63, 3.8) is 0 Å². The fourth-order valence-electron chi connectivity index (χ4n) is 2.57. The largest absolute Gasteiger partial charge is 0.480 e. The second kappa shape index (κ2) is 9.17. The Morgan fingerprint density at radius 2 is 1.64 bits per heavy atom. The van der Waals surface area contributed by atoms with E-state index in [4.69, 9.17) is 10.8 Å². The molecule has 0 saturated heterocycles. The molecule has 3 atom stereocenters. The van der Waals surface area contributed by atoms with E-state index in [1.54, 1.807) is 31.2 Å². The van der Waals surface area contributed by atoms with Gasteiger partial charge in [0.2, 0.25) is 11.8 Å². The van der Waals surface area contributed by atoms with Gasteiger partial charge in [0.15, 0.2) is 0 Å². The Hall–Kier alpha value is -2.41. The van der Waals surface area contributed by atoms with Gasteiger partial charge in [-0.1, -0.05) is 32.0 Å². The third-order valence-electron chi connectivity index (χ3n) is 3.85. The molecule has 1 aromatic rings. The number of para-hydroxylation sites is 1. The van der Waals surface area contributed by atoms with E-state index < -0.39 is 35.9 Å². The van der Waals surface area contributed by atoms with Crippen molar-refractivity contribution in [1.29, 1.82) is 0 Å². The fourth-order valence-corrected chi connectivity index (χ4v) is 2.57. The fraction of sp³-hybridized carbons (Fsp3) is 0.500. The minimum atomic E-state index is -1.06. The van der Waals surface area contributed by atoms with Crippen LogP contribution >= 0.6 is 0 Å². The summed E-state index contributed by atoms with van der Waals surface area (Å²) in [5, 5.41) is 11.8. The molecule has 0 heterocycles. The lowest BCUT2D eigenvalue weighted by molar-refractivity contribution is -0.139. The number of primary amides is 1. The number of nitrogens with one attached hydrogen (secondary N) is 1. The monoisotopic (exact) mass is 349 g/mol. The quantitative estimate of drug-likeness (QED) is 0.623. The molecule has 7 heteroatoms. The van der Waals surface area contributed by atoms with Crippen LogP contribution in [-0.2, 0) is 14.4 Å². The molecule has 0 bridgehead atoms. The molecule has 1 aromatic carbocycles. The highest BCUT2D eigenvalue weighted by Crippen LogP contribution is 2.22. The topological polar surface area (TPSA) is 113 Å². The standard InChI is InChI=1S/C18H27N3O4/c1-11(2)10-15(16(19)22)21(14-8-6-5-7-9-14)17(23)12(3)20-13(4)18(24)25/h5-9,11-13,15,20H,10H2,1-4H3,(H2,19,22)(H,24,25)/t12-,13+,15-/m0/s1.